The summed E-state index contributed by atoms with van der Waals surface area (Å²) in [6, 6.07) is 17.7. The van der Waals surface area contributed by atoms with Crippen LogP contribution in [0.4, 0.5) is 11.5 Å². The number of halogens is 2. The van der Waals surface area contributed by atoms with Gasteiger partial charge in [-0.1, -0.05) is 53.5 Å². The van der Waals surface area contributed by atoms with Crippen molar-refractivity contribution < 1.29 is 22.7 Å². The first kappa shape index (κ1) is 35.9. The number of carbonyl (C=O) groups is 2. The Kier molecular flexibility index (Phi) is 11.4. The monoisotopic (exact) mass is 699 g/mol. The number of fused-ring (bicyclic) bond motifs is 1. The fourth-order valence-electron chi connectivity index (χ4n) is 4.79. The molecule has 4 aromatic rings. The van der Waals surface area contributed by atoms with Crippen molar-refractivity contribution in [3.05, 3.63) is 94.1 Å². The zero-order valence-electron chi connectivity index (χ0n) is 27.3. The highest BCUT2D eigenvalue weighted by molar-refractivity contribution is 7.93. The van der Waals surface area contributed by atoms with Crippen molar-refractivity contribution in [1.29, 1.82) is 0 Å². The molecule has 1 aromatic heterocycles. The molecule has 0 fully saturated rings. The molecule has 47 heavy (non-hydrogen) atoms. The third-order valence-electron chi connectivity index (χ3n) is 7.07. The van der Waals surface area contributed by atoms with E-state index in [0.29, 0.717) is 16.3 Å². The van der Waals surface area contributed by atoms with Gasteiger partial charge in [0, 0.05) is 53.9 Å². The lowest BCUT2D eigenvalue weighted by Crippen LogP contribution is -2.39. The highest BCUT2D eigenvalue weighted by Crippen LogP contribution is 2.34. The van der Waals surface area contributed by atoms with Crippen molar-refractivity contribution in [1.82, 2.24) is 15.2 Å². The molecular weight excluding hydrogens is 661 g/mol. The van der Waals surface area contributed by atoms with Crippen LogP contribution in [0.15, 0.2) is 77.8 Å². The third-order valence-corrected chi connectivity index (χ3v) is 9.24. The minimum Gasteiger partial charge on any atom is -0.459 e. The van der Waals surface area contributed by atoms with Gasteiger partial charge < -0.3 is 19.9 Å². The molecule has 0 saturated carbocycles. The molecule has 250 valence electrons. The first-order valence-electron chi connectivity index (χ1n) is 14.9. The lowest BCUT2D eigenvalue weighted by molar-refractivity contribution is -0.152. The van der Waals surface area contributed by atoms with Gasteiger partial charge >= 0.3 is 5.97 Å². The first-order valence-corrected chi connectivity index (χ1v) is 17.1. The van der Waals surface area contributed by atoms with Crippen LogP contribution >= 0.6 is 23.2 Å². The predicted octanol–water partition coefficient (Wildman–Crippen LogP) is 6.01. The predicted molar refractivity (Wildman–Crippen MR) is 188 cm³/mol. The molecule has 0 saturated heterocycles. The Hall–Kier alpha value is -3.90. The van der Waals surface area contributed by atoms with Crippen molar-refractivity contribution in [2.24, 2.45) is 0 Å². The van der Waals surface area contributed by atoms with Crippen LogP contribution in [0, 0.1) is 0 Å². The van der Waals surface area contributed by atoms with E-state index >= 15 is 0 Å². The third kappa shape index (κ3) is 9.35. The van der Waals surface area contributed by atoms with E-state index in [0.717, 1.165) is 28.8 Å². The fourth-order valence-corrected chi connectivity index (χ4v) is 6.95. The number of ether oxygens (including phenoxy) is 1. The summed E-state index contributed by atoms with van der Waals surface area (Å²) in [4.78, 5) is 35.0. The van der Waals surface area contributed by atoms with E-state index in [1.54, 1.807) is 63.4 Å². The average molecular weight is 701 g/mol. The van der Waals surface area contributed by atoms with E-state index < -0.39 is 28.1 Å². The summed E-state index contributed by atoms with van der Waals surface area (Å²) in [5, 5.41) is 4.10. The molecule has 1 amide bonds. The number of rotatable bonds is 12. The topological polar surface area (TPSA) is 112 Å². The number of benzene rings is 3. The Bertz CT molecular complexity index is 1840. The van der Waals surface area contributed by atoms with Crippen LogP contribution in [-0.2, 0) is 26.1 Å². The largest absolute Gasteiger partial charge is 0.459 e. The van der Waals surface area contributed by atoms with Gasteiger partial charge in [-0.25, -0.2) is 13.4 Å². The molecule has 0 radical (unpaired) electrons. The van der Waals surface area contributed by atoms with E-state index in [2.05, 4.69) is 20.1 Å². The average Bonchev–Trinajstić information content (AvgIpc) is 2.99. The lowest BCUT2D eigenvalue weighted by atomic mass is 10.0. The van der Waals surface area contributed by atoms with Crippen molar-refractivity contribution in [2.75, 3.05) is 50.0 Å². The first-order chi connectivity index (χ1) is 22.0. The highest BCUT2D eigenvalue weighted by Gasteiger charge is 2.31. The second kappa shape index (κ2) is 14.9. The fraction of sp³-hybridized carbons (Fsp3) is 0.324. The van der Waals surface area contributed by atoms with E-state index in [1.807, 2.05) is 33.3 Å². The molecule has 0 atom stereocenters. The van der Waals surface area contributed by atoms with Crippen molar-refractivity contribution in [2.45, 2.75) is 37.8 Å². The van der Waals surface area contributed by atoms with Crippen LogP contribution in [-0.4, -0.2) is 76.6 Å². The van der Waals surface area contributed by atoms with E-state index in [-0.39, 0.29) is 33.1 Å². The Labute approximate surface area is 286 Å². The second-order valence-electron chi connectivity index (χ2n) is 12.3. The summed E-state index contributed by atoms with van der Waals surface area (Å²) in [6.07, 6.45) is 1.73. The van der Waals surface area contributed by atoms with Crippen molar-refractivity contribution >= 4 is 67.4 Å². The number of pyridine rings is 1. The lowest BCUT2D eigenvalue weighted by Gasteiger charge is -2.27. The van der Waals surface area contributed by atoms with Gasteiger partial charge in [-0.05, 0) is 82.2 Å². The second-order valence-corrected chi connectivity index (χ2v) is 15.0. The molecular formula is C34H39Cl2N5O5S. The number of amides is 1. The summed E-state index contributed by atoms with van der Waals surface area (Å²) in [5.41, 5.74) is 0.474. The molecule has 4 rings (SSSR count). The quantitative estimate of drug-likeness (QED) is 0.179. The molecule has 13 heteroatoms. The van der Waals surface area contributed by atoms with Gasteiger partial charge in [-0.2, -0.15) is 0 Å². The Morgan fingerprint density at radius 2 is 1.55 bits per heavy atom. The number of aromatic nitrogens is 1. The van der Waals surface area contributed by atoms with Gasteiger partial charge in [-0.3, -0.25) is 13.9 Å². The van der Waals surface area contributed by atoms with Gasteiger partial charge in [0.25, 0.3) is 15.9 Å². The molecule has 3 aromatic carbocycles. The number of carbonyl (C=O) groups excluding carboxylic acids is 2. The zero-order valence-corrected chi connectivity index (χ0v) is 29.6. The van der Waals surface area contributed by atoms with Crippen molar-refractivity contribution in [3.8, 4) is 0 Å². The molecule has 1 heterocycles. The molecule has 0 aliphatic carbocycles. The molecule has 1 N–H and O–H groups in total. The SMILES string of the molecule is CN(C)CCN(C)c1ccc(CNC(=O)c2cccc3c(N(CC(=O)OC(C)(C)C)S(=O)(=O)c4cc(Cl)cc(Cl)c4)cccc23)cn1. The van der Waals surface area contributed by atoms with Gasteiger partial charge in [0.2, 0.25) is 0 Å². The minimum atomic E-state index is -4.39. The molecule has 10 nitrogen and oxygen atoms in total. The van der Waals surface area contributed by atoms with Crippen LogP contribution in [0.2, 0.25) is 10.0 Å². The van der Waals surface area contributed by atoms with Crippen LogP contribution in [0.5, 0.6) is 0 Å². The molecule has 0 spiro atoms. The maximum Gasteiger partial charge on any atom is 0.327 e. The Balaban J connectivity index is 1.66. The maximum absolute atomic E-state index is 14.1. The van der Waals surface area contributed by atoms with Crippen LogP contribution in [0.1, 0.15) is 36.7 Å². The van der Waals surface area contributed by atoms with E-state index in [1.165, 1.54) is 18.2 Å². The number of nitrogens with one attached hydrogen (secondary N) is 1. The van der Waals surface area contributed by atoms with Crippen LogP contribution in [0.3, 0.4) is 0 Å². The Morgan fingerprint density at radius 3 is 2.17 bits per heavy atom. The maximum atomic E-state index is 14.1. The van der Waals surface area contributed by atoms with Gasteiger partial charge in [0.05, 0.1) is 10.6 Å². The number of nitrogens with zero attached hydrogens (tertiary/aromatic N) is 4. The normalized spacial score (nSPS) is 11.9. The molecule has 0 aliphatic heterocycles. The van der Waals surface area contributed by atoms with Gasteiger partial charge in [-0.15, -0.1) is 0 Å². The molecule has 0 bridgehead atoms. The summed E-state index contributed by atoms with van der Waals surface area (Å²) in [5.74, 6) is -0.291. The van der Waals surface area contributed by atoms with Crippen LogP contribution in [0.25, 0.3) is 10.8 Å². The summed E-state index contributed by atoms with van der Waals surface area (Å²) >= 11 is 12.3. The summed E-state index contributed by atoms with van der Waals surface area (Å²) in [6.45, 7) is 6.39. The van der Waals surface area contributed by atoms with Gasteiger partial charge in [0.15, 0.2) is 0 Å². The smallest absolute Gasteiger partial charge is 0.327 e. The van der Waals surface area contributed by atoms with E-state index in [4.69, 9.17) is 27.9 Å². The Morgan fingerprint density at radius 1 is 0.894 bits per heavy atom. The standard InChI is InChI=1S/C34H39Cl2N5O5S/c1-34(2,3)46-32(42)22-41(47(44,45)26-18-24(35)17-25(36)19-26)30-12-8-9-27-28(30)10-7-11-29(27)33(43)38-21-23-13-14-31(37-20-23)40(6)16-15-39(4)5/h7-14,17-20H,15-16,21-22H2,1-6H3,(H,38,43). The summed E-state index contributed by atoms with van der Waals surface area (Å²) < 4.78 is 34.6. The number of likely N-dealkylation sites (N-methyl/N-ethyl adjacent to an activating group) is 2. The number of sulfonamides is 1. The number of hydrogen-bond donors (Lipinski definition) is 1. The zero-order chi connectivity index (χ0) is 34.5. The molecule has 0 aliphatic rings. The van der Waals surface area contributed by atoms with Crippen LogP contribution < -0.4 is 14.5 Å². The minimum absolute atomic E-state index is 0.117. The van der Waals surface area contributed by atoms with Crippen molar-refractivity contribution in [3.63, 3.8) is 0 Å². The summed E-state index contributed by atoms with van der Waals surface area (Å²) in [7, 11) is 1.62. The van der Waals surface area contributed by atoms with Gasteiger partial charge in [0.1, 0.15) is 18.0 Å². The number of esters is 1. The van der Waals surface area contributed by atoms with E-state index in [9.17, 15) is 18.0 Å². The molecule has 0 unspecified atom stereocenters. The number of hydrogen-bond acceptors (Lipinski definition) is 8. The number of anilines is 2. The highest BCUT2D eigenvalue weighted by atomic mass is 35.5.